The summed E-state index contributed by atoms with van der Waals surface area (Å²) in [5.74, 6) is -2.35. The predicted octanol–water partition coefficient (Wildman–Crippen LogP) is 1.79. The fourth-order valence-corrected chi connectivity index (χ4v) is 0.998. The van der Waals surface area contributed by atoms with E-state index in [1.54, 1.807) is 0 Å². The molecule has 0 spiro atoms. The maximum absolute atomic E-state index is 12.9. The molecule has 0 amide bonds. The second kappa shape index (κ2) is 4.08. The number of aliphatic carboxylic acids is 1. The monoisotopic (exact) mass is 205 g/mol. The number of nitrogens with zero attached hydrogens (tertiary/aromatic N) is 1. The average molecular weight is 205 g/mol. The fraction of sp³-hybridized carbons (Fsp3) is 0.250. The third-order valence-electron chi connectivity index (χ3n) is 1.57. The Morgan fingerprint density at radius 1 is 1.57 bits per heavy atom. The van der Waals surface area contributed by atoms with Gasteiger partial charge in [0.05, 0.1) is 6.42 Å². The molecule has 6 heteroatoms. The van der Waals surface area contributed by atoms with Gasteiger partial charge in [-0.3, -0.25) is 9.78 Å². The van der Waals surface area contributed by atoms with E-state index in [1.807, 2.05) is 0 Å². The Hall–Kier alpha value is -1.59. The van der Waals surface area contributed by atoms with E-state index in [4.69, 9.17) is 5.11 Å². The highest BCUT2D eigenvalue weighted by molar-refractivity contribution is 5.70. The number of aromatic nitrogens is 1. The molecule has 0 atom stereocenters. The van der Waals surface area contributed by atoms with E-state index in [-0.39, 0.29) is 0 Å². The molecule has 0 fully saturated rings. The van der Waals surface area contributed by atoms with Crippen LogP contribution in [-0.2, 0) is 11.2 Å². The second-order valence-electron chi connectivity index (χ2n) is 2.53. The lowest BCUT2D eigenvalue weighted by molar-refractivity contribution is -0.136. The molecule has 1 aromatic heterocycles. The van der Waals surface area contributed by atoms with E-state index < -0.39 is 35.9 Å². The van der Waals surface area contributed by atoms with Crippen molar-refractivity contribution < 1.29 is 23.1 Å². The number of carbonyl (C=O) groups is 1. The first-order valence-corrected chi connectivity index (χ1v) is 3.65. The van der Waals surface area contributed by atoms with Gasteiger partial charge >= 0.3 is 5.97 Å². The molecule has 3 nitrogen and oxygen atoms in total. The highest BCUT2D eigenvalue weighted by Gasteiger charge is 2.19. The van der Waals surface area contributed by atoms with Crippen LogP contribution in [0.1, 0.15) is 17.7 Å². The Bertz CT molecular complexity index is 354. The van der Waals surface area contributed by atoms with Crippen molar-refractivity contribution in [3.05, 3.63) is 29.3 Å². The van der Waals surface area contributed by atoms with Gasteiger partial charge in [-0.15, -0.1) is 0 Å². The SMILES string of the molecule is O=C(O)Cc1c(F)ccnc1C(F)F. The van der Waals surface area contributed by atoms with Crippen molar-refractivity contribution in [2.75, 3.05) is 0 Å². The molecule has 0 bridgehead atoms. The third-order valence-corrected chi connectivity index (χ3v) is 1.57. The highest BCUT2D eigenvalue weighted by atomic mass is 19.3. The quantitative estimate of drug-likeness (QED) is 0.818. The fourth-order valence-electron chi connectivity index (χ4n) is 0.998. The maximum atomic E-state index is 12.9. The van der Waals surface area contributed by atoms with Crippen LogP contribution in [0.2, 0.25) is 0 Å². The Morgan fingerprint density at radius 3 is 2.71 bits per heavy atom. The molecule has 1 N–H and O–H groups in total. The van der Waals surface area contributed by atoms with E-state index in [2.05, 4.69) is 4.98 Å². The van der Waals surface area contributed by atoms with Crippen LogP contribution < -0.4 is 0 Å². The molecule has 0 saturated heterocycles. The molecular weight excluding hydrogens is 199 g/mol. The second-order valence-corrected chi connectivity index (χ2v) is 2.53. The number of halogens is 3. The maximum Gasteiger partial charge on any atom is 0.308 e. The summed E-state index contributed by atoms with van der Waals surface area (Å²) in [5, 5.41) is 8.36. The van der Waals surface area contributed by atoms with Crippen molar-refractivity contribution in [2.24, 2.45) is 0 Å². The highest BCUT2D eigenvalue weighted by Crippen LogP contribution is 2.22. The van der Waals surface area contributed by atoms with Crippen LogP contribution in [0.5, 0.6) is 0 Å². The lowest BCUT2D eigenvalue weighted by Crippen LogP contribution is -2.08. The van der Waals surface area contributed by atoms with Gasteiger partial charge in [0.15, 0.2) is 0 Å². The van der Waals surface area contributed by atoms with Crippen molar-refractivity contribution in [3.8, 4) is 0 Å². The van der Waals surface area contributed by atoms with Crippen LogP contribution >= 0.6 is 0 Å². The molecule has 0 aliphatic carbocycles. The van der Waals surface area contributed by atoms with Gasteiger partial charge in [0.1, 0.15) is 11.5 Å². The van der Waals surface area contributed by atoms with Gasteiger partial charge < -0.3 is 5.11 Å². The Kier molecular flexibility index (Phi) is 3.06. The summed E-state index contributed by atoms with van der Waals surface area (Å²) in [7, 11) is 0. The van der Waals surface area contributed by atoms with Gasteiger partial charge in [-0.1, -0.05) is 0 Å². The van der Waals surface area contributed by atoms with E-state index in [0.29, 0.717) is 0 Å². The molecule has 0 radical (unpaired) electrons. The molecule has 76 valence electrons. The van der Waals surface area contributed by atoms with Crippen LogP contribution in [-0.4, -0.2) is 16.1 Å². The summed E-state index contributed by atoms with van der Waals surface area (Å²) in [5.41, 5.74) is -1.37. The summed E-state index contributed by atoms with van der Waals surface area (Å²) in [6, 6.07) is 0.851. The minimum absolute atomic E-state index is 0.560. The summed E-state index contributed by atoms with van der Waals surface area (Å²) in [6.45, 7) is 0. The Balaban J connectivity index is 3.15. The molecule has 0 aliphatic rings. The smallest absolute Gasteiger partial charge is 0.308 e. The summed E-state index contributed by atoms with van der Waals surface area (Å²) < 4.78 is 37.4. The van der Waals surface area contributed by atoms with Crippen molar-refractivity contribution in [1.29, 1.82) is 0 Å². The van der Waals surface area contributed by atoms with Crippen molar-refractivity contribution in [2.45, 2.75) is 12.8 Å². The van der Waals surface area contributed by atoms with Gasteiger partial charge in [0, 0.05) is 11.8 Å². The average Bonchev–Trinajstić information content (AvgIpc) is 2.07. The number of carboxylic acids is 1. The zero-order valence-electron chi connectivity index (χ0n) is 6.88. The van der Waals surface area contributed by atoms with Gasteiger partial charge in [-0.25, -0.2) is 13.2 Å². The van der Waals surface area contributed by atoms with E-state index in [1.165, 1.54) is 0 Å². The van der Waals surface area contributed by atoms with Gasteiger partial charge in [-0.2, -0.15) is 0 Å². The number of carboxylic acid groups (broad SMARTS) is 1. The normalized spacial score (nSPS) is 10.6. The zero-order valence-corrected chi connectivity index (χ0v) is 6.88. The molecule has 1 aromatic rings. The van der Waals surface area contributed by atoms with E-state index in [9.17, 15) is 18.0 Å². The predicted molar refractivity (Wildman–Crippen MR) is 40.5 cm³/mol. The number of alkyl halides is 2. The molecule has 0 aromatic carbocycles. The van der Waals surface area contributed by atoms with E-state index in [0.717, 1.165) is 12.3 Å². The number of rotatable bonds is 3. The number of hydrogen-bond acceptors (Lipinski definition) is 2. The van der Waals surface area contributed by atoms with Crippen LogP contribution in [0.25, 0.3) is 0 Å². The lowest BCUT2D eigenvalue weighted by atomic mass is 10.1. The molecule has 0 saturated carbocycles. The van der Waals surface area contributed by atoms with E-state index >= 15 is 0 Å². The van der Waals surface area contributed by atoms with Gasteiger partial charge in [-0.05, 0) is 6.07 Å². The number of hydrogen-bond donors (Lipinski definition) is 1. The Morgan fingerprint density at radius 2 is 2.21 bits per heavy atom. The topological polar surface area (TPSA) is 50.2 Å². The van der Waals surface area contributed by atoms with Crippen molar-refractivity contribution in [3.63, 3.8) is 0 Å². The van der Waals surface area contributed by atoms with Gasteiger partial charge in [0.25, 0.3) is 6.43 Å². The number of pyridine rings is 1. The van der Waals surface area contributed by atoms with Crippen LogP contribution in [0, 0.1) is 5.82 Å². The van der Waals surface area contributed by atoms with Gasteiger partial charge in [0.2, 0.25) is 0 Å². The minimum Gasteiger partial charge on any atom is -0.481 e. The summed E-state index contributed by atoms with van der Waals surface area (Å²) in [4.78, 5) is 13.5. The lowest BCUT2D eigenvalue weighted by Gasteiger charge is -2.05. The first kappa shape index (κ1) is 10.5. The van der Waals surface area contributed by atoms with Crippen LogP contribution in [0.15, 0.2) is 12.3 Å². The third kappa shape index (κ3) is 2.21. The first-order chi connectivity index (χ1) is 6.52. The molecule has 14 heavy (non-hydrogen) atoms. The first-order valence-electron chi connectivity index (χ1n) is 3.65. The molecule has 0 unspecified atom stereocenters. The van der Waals surface area contributed by atoms with Crippen molar-refractivity contribution >= 4 is 5.97 Å². The van der Waals surface area contributed by atoms with Crippen LogP contribution in [0.3, 0.4) is 0 Å². The molecular formula is C8H6F3NO2. The van der Waals surface area contributed by atoms with Crippen molar-refractivity contribution in [1.82, 2.24) is 4.98 Å². The molecule has 1 rings (SSSR count). The molecule has 0 aliphatic heterocycles. The standard InChI is InChI=1S/C8H6F3NO2/c9-5-1-2-12-7(8(10)11)4(5)3-6(13)14/h1-2,8H,3H2,(H,13,14). The van der Waals surface area contributed by atoms with Crippen LogP contribution in [0.4, 0.5) is 13.2 Å². The zero-order chi connectivity index (χ0) is 10.7. The Labute approximate surface area is 77.2 Å². The largest absolute Gasteiger partial charge is 0.481 e. The molecule has 1 heterocycles. The summed E-state index contributed by atoms with van der Waals surface area (Å²) >= 11 is 0. The summed E-state index contributed by atoms with van der Waals surface area (Å²) in [6.07, 6.45) is -2.89. The minimum atomic E-state index is -2.97.